The Morgan fingerprint density at radius 2 is 1.79 bits per heavy atom. The van der Waals surface area contributed by atoms with E-state index < -0.39 is 0 Å². The lowest BCUT2D eigenvalue weighted by Gasteiger charge is -2.47. The topological polar surface area (TPSA) is 39.1 Å². The number of hydrogen-bond acceptors (Lipinski definition) is 3. The highest BCUT2D eigenvalue weighted by Gasteiger charge is 2.45. The standard InChI is InChI=1S/C21H22Cl3N3O/c1-26-7-5-21(6-8-26)12-15-10-17(23)18(24)11-19(15)27(28)20(21)25-13-14-3-2-4-16(22)9-14/h2-4,9-11,28H,5-8,12-13H2,1H3. The molecular weight excluding hydrogens is 417 g/mol. The Bertz CT molecular complexity index is 923. The number of aliphatic imine (C=N–C) groups is 1. The predicted octanol–water partition coefficient (Wildman–Crippen LogP) is 5.71. The van der Waals surface area contributed by atoms with Crippen molar-refractivity contribution in [1.29, 1.82) is 0 Å². The van der Waals surface area contributed by atoms with Crippen LogP contribution in [0.25, 0.3) is 0 Å². The van der Waals surface area contributed by atoms with E-state index in [-0.39, 0.29) is 5.41 Å². The van der Waals surface area contributed by atoms with Crippen LogP contribution in [0.5, 0.6) is 0 Å². The van der Waals surface area contributed by atoms with Crippen LogP contribution in [0.3, 0.4) is 0 Å². The molecule has 1 spiro atoms. The van der Waals surface area contributed by atoms with Gasteiger partial charge in [0, 0.05) is 10.4 Å². The normalized spacial score (nSPS) is 20.6. The summed E-state index contributed by atoms with van der Waals surface area (Å²) in [5.74, 6) is 0.700. The monoisotopic (exact) mass is 437 g/mol. The molecule has 1 N–H and O–H groups in total. The summed E-state index contributed by atoms with van der Waals surface area (Å²) >= 11 is 18.6. The molecule has 0 saturated carbocycles. The van der Waals surface area contributed by atoms with Crippen molar-refractivity contribution >= 4 is 46.3 Å². The molecule has 0 radical (unpaired) electrons. The van der Waals surface area contributed by atoms with Crippen LogP contribution in [0.4, 0.5) is 5.69 Å². The molecule has 2 heterocycles. The highest BCUT2D eigenvalue weighted by molar-refractivity contribution is 6.42. The van der Waals surface area contributed by atoms with Gasteiger partial charge in [-0.3, -0.25) is 10.2 Å². The molecule has 2 aromatic rings. The molecule has 0 unspecified atom stereocenters. The molecule has 28 heavy (non-hydrogen) atoms. The molecular formula is C21H22Cl3N3O. The Labute approximate surface area is 180 Å². The van der Waals surface area contributed by atoms with E-state index in [0.29, 0.717) is 33.1 Å². The third-order valence-corrected chi connectivity index (χ3v) is 6.76. The quantitative estimate of drug-likeness (QED) is 0.653. The minimum atomic E-state index is -0.218. The van der Waals surface area contributed by atoms with Gasteiger partial charge in [-0.15, -0.1) is 0 Å². The van der Waals surface area contributed by atoms with Gasteiger partial charge in [0.25, 0.3) is 0 Å². The second kappa shape index (κ2) is 7.85. The maximum Gasteiger partial charge on any atom is 0.136 e. The van der Waals surface area contributed by atoms with Crippen LogP contribution < -0.4 is 5.06 Å². The lowest BCUT2D eigenvalue weighted by Crippen LogP contribution is -2.53. The van der Waals surface area contributed by atoms with Crippen molar-refractivity contribution in [2.75, 3.05) is 25.2 Å². The fraction of sp³-hybridized carbons (Fsp3) is 0.381. The number of anilines is 1. The smallest absolute Gasteiger partial charge is 0.136 e. The molecule has 148 valence electrons. The van der Waals surface area contributed by atoms with E-state index >= 15 is 0 Å². The van der Waals surface area contributed by atoms with Crippen LogP contribution in [0.2, 0.25) is 15.1 Å². The van der Waals surface area contributed by atoms with Gasteiger partial charge in [0.15, 0.2) is 0 Å². The molecule has 4 nitrogen and oxygen atoms in total. The molecule has 4 rings (SSSR count). The Morgan fingerprint density at radius 1 is 1.07 bits per heavy atom. The average molecular weight is 439 g/mol. The van der Waals surface area contributed by atoms with Crippen LogP contribution in [0.15, 0.2) is 41.4 Å². The molecule has 1 fully saturated rings. The Kier molecular flexibility index (Phi) is 5.60. The number of amidine groups is 1. The summed E-state index contributed by atoms with van der Waals surface area (Å²) in [6.07, 6.45) is 2.64. The van der Waals surface area contributed by atoms with Gasteiger partial charge in [-0.2, -0.15) is 0 Å². The first kappa shape index (κ1) is 20.0. The molecule has 2 aromatic carbocycles. The number of piperidine rings is 1. The number of benzene rings is 2. The molecule has 2 aliphatic rings. The largest absolute Gasteiger partial charge is 0.306 e. The lowest BCUT2D eigenvalue weighted by atomic mass is 9.70. The molecule has 0 aliphatic carbocycles. The van der Waals surface area contributed by atoms with Gasteiger partial charge in [-0.1, -0.05) is 46.9 Å². The first-order valence-electron chi connectivity index (χ1n) is 9.33. The van der Waals surface area contributed by atoms with Crippen molar-refractivity contribution in [3.63, 3.8) is 0 Å². The number of halogens is 3. The van der Waals surface area contributed by atoms with Gasteiger partial charge < -0.3 is 4.90 Å². The first-order chi connectivity index (χ1) is 13.4. The van der Waals surface area contributed by atoms with E-state index in [1.165, 1.54) is 5.06 Å². The highest BCUT2D eigenvalue weighted by Crippen LogP contribution is 2.46. The third kappa shape index (κ3) is 3.77. The summed E-state index contributed by atoms with van der Waals surface area (Å²) in [4.78, 5) is 7.18. The summed E-state index contributed by atoms with van der Waals surface area (Å²) in [6.45, 7) is 2.38. The summed E-state index contributed by atoms with van der Waals surface area (Å²) in [5.41, 5.74) is 2.45. The Morgan fingerprint density at radius 3 is 2.50 bits per heavy atom. The number of likely N-dealkylation sites (tertiary alicyclic amines) is 1. The lowest BCUT2D eigenvalue weighted by molar-refractivity contribution is 0.162. The maximum atomic E-state index is 11.1. The molecule has 2 aliphatic heterocycles. The fourth-order valence-corrected chi connectivity index (χ4v) is 4.74. The number of hydroxylamine groups is 1. The number of fused-ring (bicyclic) bond motifs is 1. The van der Waals surface area contributed by atoms with E-state index in [1.54, 1.807) is 6.07 Å². The van der Waals surface area contributed by atoms with E-state index in [2.05, 4.69) is 11.9 Å². The van der Waals surface area contributed by atoms with Crippen LogP contribution in [0.1, 0.15) is 24.0 Å². The number of rotatable bonds is 2. The van der Waals surface area contributed by atoms with E-state index in [4.69, 9.17) is 39.8 Å². The maximum absolute atomic E-state index is 11.1. The second-order valence-corrected chi connectivity index (χ2v) is 8.99. The third-order valence-electron chi connectivity index (χ3n) is 5.80. The highest BCUT2D eigenvalue weighted by atomic mass is 35.5. The molecule has 1 saturated heterocycles. The van der Waals surface area contributed by atoms with Crippen molar-refractivity contribution in [2.24, 2.45) is 10.4 Å². The van der Waals surface area contributed by atoms with E-state index in [1.807, 2.05) is 30.3 Å². The second-order valence-electron chi connectivity index (χ2n) is 7.74. The van der Waals surface area contributed by atoms with Gasteiger partial charge >= 0.3 is 0 Å². The van der Waals surface area contributed by atoms with Crippen molar-refractivity contribution in [1.82, 2.24) is 4.90 Å². The SMILES string of the molecule is CN1CCC2(CC1)Cc1cc(Cl)c(Cl)cc1N(O)C2=NCc1cccc(Cl)c1. The molecule has 0 bridgehead atoms. The summed E-state index contributed by atoms with van der Waals surface area (Å²) in [7, 11) is 2.12. The summed E-state index contributed by atoms with van der Waals surface area (Å²) in [5, 5.41) is 14.0. The zero-order valence-electron chi connectivity index (χ0n) is 15.6. The van der Waals surface area contributed by atoms with Crippen LogP contribution in [-0.4, -0.2) is 36.1 Å². The van der Waals surface area contributed by atoms with Gasteiger partial charge in [0.05, 0.1) is 22.3 Å². The molecule has 0 amide bonds. The van der Waals surface area contributed by atoms with Gasteiger partial charge in [-0.05, 0) is 74.8 Å². The molecule has 0 aromatic heterocycles. The minimum Gasteiger partial charge on any atom is -0.306 e. The summed E-state index contributed by atoms with van der Waals surface area (Å²) < 4.78 is 0. The van der Waals surface area contributed by atoms with Gasteiger partial charge in [0.1, 0.15) is 5.84 Å². The van der Waals surface area contributed by atoms with Gasteiger partial charge in [-0.25, -0.2) is 5.06 Å². The van der Waals surface area contributed by atoms with Crippen molar-refractivity contribution in [3.05, 3.63) is 62.6 Å². The van der Waals surface area contributed by atoms with Crippen molar-refractivity contribution in [3.8, 4) is 0 Å². The van der Waals surface area contributed by atoms with Gasteiger partial charge in [0.2, 0.25) is 0 Å². The number of nitrogens with zero attached hydrogens (tertiary/aromatic N) is 3. The number of hydrogen-bond donors (Lipinski definition) is 1. The Hall–Kier alpha value is -1.30. The molecule has 0 atom stereocenters. The van der Waals surface area contributed by atoms with Crippen molar-refractivity contribution < 1.29 is 5.21 Å². The fourth-order valence-electron chi connectivity index (χ4n) is 4.18. The zero-order valence-corrected chi connectivity index (χ0v) is 17.9. The predicted molar refractivity (Wildman–Crippen MR) is 116 cm³/mol. The first-order valence-corrected chi connectivity index (χ1v) is 10.5. The van der Waals surface area contributed by atoms with E-state index in [9.17, 15) is 5.21 Å². The molecule has 7 heteroatoms. The van der Waals surface area contributed by atoms with Crippen LogP contribution in [-0.2, 0) is 13.0 Å². The van der Waals surface area contributed by atoms with Crippen LogP contribution >= 0.6 is 34.8 Å². The average Bonchev–Trinajstić information content (AvgIpc) is 2.66. The Balaban J connectivity index is 1.75. The zero-order chi connectivity index (χ0) is 19.9. The van der Waals surface area contributed by atoms with E-state index in [0.717, 1.165) is 43.5 Å². The van der Waals surface area contributed by atoms with Crippen LogP contribution in [0, 0.1) is 5.41 Å². The van der Waals surface area contributed by atoms with Crippen molar-refractivity contribution in [2.45, 2.75) is 25.8 Å². The minimum absolute atomic E-state index is 0.218. The summed E-state index contributed by atoms with van der Waals surface area (Å²) in [6, 6.07) is 11.2.